The summed E-state index contributed by atoms with van der Waals surface area (Å²) in [4.78, 5) is 10.5. The molecule has 0 rings (SSSR count). The number of carbonyl (C=O) groups excluding carboxylic acids is 1. The third kappa shape index (κ3) is 5.13. The first kappa shape index (κ1) is 8.99. The first-order valence-electron chi connectivity index (χ1n) is 3.10. The standard InChI is InChI=1S/C7H11NO2/c1-3-10-7(9)5-4-6(2)8/h6H,3,8H2,1-2H3. The van der Waals surface area contributed by atoms with Crippen LogP contribution >= 0.6 is 0 Å². The zero-order valence-electron chi connectivity index (χ0n) is 6.18. The van der Waals surface area contributed by atoms with Gasteiger partial charge >= 0.3 is 5.97 Å². The van der Waals surface area contributed by atoms with Crippen molar-refractivity contribution in [2.45, 2.75) is 19.9 Å². The van der Waals surface area contributed by atoms with Crippen molar-refractivity contribution >= 4 is 5.97 Å². The first-order chi connectivity index (χ1) is 4.66. The molecule has 0 bridgehead atoms. The zero-order chi connectivity index (χ0) is 7.98. The molecule has 2 N–H and O–H groups in total. The van der Waals surface area contributed by atoms with Crippen molar-refractivity contribution in [2.24, 2.45) is 5.73 Å². The molecule has 10 heavy (non-hydrogen) atoms. The molecule has 0 saturated carbocycles. The van der Waals surface area contributed by atoms with E-state index in [1.54, 1.807) is 13.8 Å². The van der Waals surface area contributed by atoms with Crippen molar-refractivity contribution in [3.63, 3.8) is 0 Å². The molecule has 0 aromatic rings. The summed E-state index contributed by atoms with van der Waals surface area (Å²) in [6.07, 6.45) is 0. The molecule has 1 unspecified atom stereocenters. The number of carbonyl (C=O) groups is 1. The molecule has 0 aliphatic carbocycles. The van der Waals surface area contributed by atoms with Crippen LogP contribution in [0.2, 0.25) is 0 Å². The summed E-state index contributed by atoms with van der Waals surface area (Å²) >= 11 is 0. The quantitative estimate of drug-likeness (QED) is 0.315. The molecule has 0 aliphatic rings. The summed E-state index contributed by atoms with van der Waals surface area (Å²) in [6.45, 7) is 3.78. The van der Waals surface area contributed by atoms with Gasteiger partial charge in [-0.25, -0.2) is 4.79 Å². The largest absolute Gasteiger partial charge is 0.456 e. The van der Waals surface area contributed by atoms with Gasteiger partial charge in [0.2, 0.25) is 0 Å². The van der Waals surface area contributed by atoms with Gasteiger partial charge in [-0.3, -0.25) is 0 Å². The highest BCUT2D eigenvalue weighted by Crippen LogP contribution is 1.74. The summed E-state index contributed by atoms with van der Waals surface area (Å²) in [5, 5.41) is 0. The molecular formula is C7H11NO2. The lowest BCUT2D eigenvalue weighted by Crippen LogP contribution is -2.12. The lowest BCUT2D eigenvalue weighted by Gasteiger charge is -1.91. The lowest BCUT2D eigenvalue weighted by molar-refractivity contribution is -0.136. The number of hydrogen-bond acceptors (Lipinski definition) is 3. The molecule has 0 aromatic heterocycles. The number of ether oxygens (including phenoxy) is 1. The van der Waals surface area contributed by atoms with Crippen molar-refractivity contribution in [1.82, 2.24) is 0 Å². The van der Waals surface area contributed by atoms with Gasteiger partial charge in [0.05, 0.1) is 12.6 Å². The Balaban J connectivity index is 3.69. The van der Waals surface area contributed by atoms with Crippen LogP contribution in [0.15, 0.2) is 0 Å². The molecule has 0 saturated heterocycles. The summed E-state index contributed by atoms with van der Waals surface area (Å²) in [5.41, 5.74) is 5.26. The molecule has 56 valence electrons. The molecule has 0 heterocycles. The topological polar surface area (TPSA) is 52.3 Å². The minimum atomic E-state index is -0.514. The van der Waals surface area contributed by atoms with Gasteiger partial charge in [0.15, 0.2) is 0 Å². The van der Waals surface area contributed by atoms with Crippen LogP contribution in [0.3, 0.4) is 0 Å². The highest BCUT2D eigenvalue weighted by molar-refractivity contribution is 5.88. The zero-order valence-corrected chi connectivity index (χ0v) is 6.18. The second-order valence-corrected chi connectivity index (χ2v) is 1.78. The summed E-state index contributed by atoms with van der Waals surface area (Å²) < 4.78 is 4.52. The average Bonchev–Trinajstić information content (AvgIpc) is 1.85. The first-order valence-corrected chi connectivity index (χ1v) is 3.10. The van der Waals surface area contributed by atoms with E-state index in [1.165, 1.54) is 0 Å². The Kier molecular flexibility index (Phi) is 4.34. The van der Waals surface area contributed by atoms with Crippen LogP contribution in [0.4, 0.5) is 0 Å². The molecule has 0 spiro atoms. The normalized spacial score (nSPS) is 11.1. The van der Waals surface area contributed by atoms with E-state index < -0.39 is 5.97 Å². The van der Waals surface area contributed by atoms with Gasteiger partial charge in [-0.2, -0.15) is 0 Å². The van der Waals surface area contributed by atoms with E-state index in [-0.39, 0.29) is 6.04 Å². The summed E-state index contributed by atoms with van der Waals surface area (Å²) in [5.74, 6) is 4.22. The average molecular weight is 141 g/mol. The fourth-order valence-electron chi connectivity index (χ4n) is 0.340. The SMILES string of the molecule is CCOC(=O)C#CC(C)N. The minimum absolute atomic E-state index is 0.274. The van der Waals surface area contributed by atoms with E-state index in [2.05, 4.69) is 16.6 Å². The predicted octanol–water partition coefficient (Wildman–Crippen LogP) is -0.0999. The molecule has 0 aliphatic heterocycles. The van der Waals surface area contributed by atoms with Gasteiger partial charge in [0.1, 0.15) is 0 Å². The summed E-state index contributed by atoms with van der Waals surface area (Å²) in [7, 11) is 0. The molecule has 0 radical (unpaired) electrons. The van der Waals surface area contributed by atoms with Crippen LogP contribution in [0.25, 0.3) is 0 Å². The molecule has 3 nitrogen and oxygen atoms in total. The van der Waals surface area contributed by atoms with Crippen LogP contribution < -0.4 is 5.73 Å². The van der Waals surface area contributed by atoms with Gasteiger partial charge < -0.3 is 10.5 Å². The molecule has 3 heteroatoms. The lowest BCUT2D eigenvalue weighted by atomic mass is 10.4. The smallest absolute Gasteiger partial charge is 0.384 e. The number of nitrogens with two attached hydrogens (primary N) is 1. The summed E-state index contributed by atoms with van der Waals surface area (Å²) in [6, 6.07) is -0.274. The molecule has 0 amide bonds. The van der Waals surface area contributed by atoms with E-state index in [0.717, 1.165) is 0 Å². The van der Waals surface area contributed by atoms with Crippen LogP contribution in [0.1, 0.15) is 13.8 Å². The molecule has 1 atom stereocenters. The van der Waals surface area contributed by atoms with Gasteiger partial charge in [-0.15, -0.1) is 0 Å². The van der Waals surface area contributed by atoms with Crippen molar-refractivity contribution in [1.29, 1.82) is 0 Å². The Morgan fingerprint density at radius 3 is 2.80 bits per heavy atom. The monoisotopic (exact) mass is 141 g/mol. The molecule has 0 aromatic carbocycles. The maximum atomic E-state index is 10.5. The Bertz CT molecular complexity index is 164. The van der Waals surface area contributed by atoms with Crippen LogP contribution in [0.5, 0.6) is 0 Å². The fraction of sp³-hybridized carbons (Fsp3) is 0.571. The van der Waals surface area contributed by atoms with Gasteiger partial charge in [-0.05, 0) is 13.8 Å². The van der Waals surface area contributed by atoms with E-state index >= 15 is 0 Å². The maximum Gasteiger partial charge on any atom is 0.384 e. The van der Waals surface area contributed by atoms with E-state index in [4.69, 9.17) is 5.73 Å². The Labute approximate surface area is 60.5 Å². The molecular weight excluding hydrogens is 130 g/mol. The highest BCUT2D eigenvalue weighted by atomic mass is 16.5. The van der Waals surface area contributed by atoms with Crippen molar-refractivity contribution in [2.75, 3.05) is 6.61 Å². The Morgan fingerprint density at radius 1 is 1.80 bits per heavy atom. The van der Waals surface area contributed by atoms with Crippen molar-refractivity contribution in [3.8, 4) is 11.8 Å². The van der Waals surface area contributed by atoms with Crippen LogP contribution in [0, 0.1) is 11.8 Å². The minimum Gasteiger partial charge on any atom is -0.456 e. The predicted molar refractivity (Wildman–Crippen MR) is 38.1 cm³/mol. The third-order valence-electron chi connectivity index (χ3n) is 0.677. The molecule has 0 fully saturated rings. The van der Waals surface area contributed by atoms with Gasteiger partial charge in [0, 0.05) is 5.92 Å². The number of rotatable bonds is 1. The Morgan fingerprint density at radius 2 is 2.40 bits per heavy atom. The van der Waals surface area contributed by atoms with Crippen molar-refractivity contribution < 1.29 is 9.53 Å². The van der Waals surface area contributed by atoms with E-state index in [0.29, 0.717) is 6.61 Å². The second kappa shape index (κ2) is 4.83. The van der Waals surface area contributed by atoms with Crippen LogP contribution in [-0.4, -0.2) is 18.6 Å². The van der Waals surface area contributed by atoms with Gasteiger partial charge in [-0.1, -0.05) is 5.92 Å². The number of esters is 1. The van der Waals surface area contributed by atoms with E-state index in [1.807, 2.05) is 0 Å². The van der Waals surface area contributed by atoms with Gasteiger partial charge in [0.25, 0.3) is 0 Å². The number of hydrogen-bond donors (Lipinski definition) is 1. The Hall–Kier alpha value is -1.01. The fourth-order valence-corrected chi connectivity index (χ4v) is 0.340. The van der Waals surface area contributed by atoms with Crippen molar-refractivity contribution in [3.05, 3.63) is 0 Å². The second-order valence-electron chi connectivity index (χ2n) is 1.78. The van der Waals surface area contributed by atoms with Crippen LogP contribution in [-0.2, 0) is 9.53 Å². The highest BCUT2D eigenvalue weighted by Gasteiger charge is 1.91. The maximum absolute atomic E-state index is 10.5. The third-order valence-corrected chi connectivity index (χ3v) is 0.677. The van der Waals surface area contributed by atoms with E-state index in [9.17, 15) is 4.79 Å².